The monoisotopic (exact) mass is 353 g/mol. The van der Waals surface area contributed by atoms with Crippen LogP contribution in [0.3, 0.4) is 0 Å². The molecule has 0 bridgehead atoms. The summed E-state index contributed by atoms with van der Waals surface area (Å²) in [5.41, 5.74) is 3.14. The molecule has 0 amide bonds. The third-order valence-corrected chi connectivity index (χ3v) is 4.04. The largest absolute Gasteiger partial charge is 0.389 e. The third kappa shape index (κ3) is 3.75. The van der Waals surface area contributed by atoms with Crippen molar-refractivity contribution in [2.24, 2.45) is 0 Å². The molecule has 0 spiro atoms. The fraction of sp³-hybridized carbons (Fsp3) is 0.250. The Bertz CT molecular complexity index is 601. The van der Waals surface area contributed by atoms with Gasteiger partial charge in [-0.1, -0.05) is 29.8 Å². The second-order valence-electron chi connectivity index (χ2n) is 4.87. The number of aliphatic hydroxyl groups excluding tert-OH is 1. The standard InChI is InChI=1S/C16H17BrClNO/c1-11(20)13-6-7-16(15(17)9-13)19(2)10-12-4-3-5-14(18)8-12/h3-9,11,20H,10H2,1-2H3/t11-/m1/s1. The van der Waals surface area contributed by atoms with Gasteiger partial charge in [0.25, 0.3) is 0 Å². The summed E-state index contributed by atoms with van der Waals surface area (Å²) < 4.78 is 0.973. The van der Waals surface area contributed by atoms with Crippen molar-refractivity contribution in [3.63, 3.8) is 0 Å². The number of hydrogen-bond donors (Lipinski definition) is 1. The van der Waals surface area contributed by atoms with Crippen molar-refractivity contribution >= 4 is 33.2 Å². The molecule has 2 nitrogen and oxygen atoms in total. The second-order valence-corrected chi connectivity index (χ2v) is 6.16. The van der Waals surface area contributed by atoms with Crippen molar-refractivity contribution in [2.45, 2.75) is 19.6 Å². The molecule has 1 N–H and O–H groups in total. The van der Waals surface area contributed by atoms with E-state index in [-0.39, 0.29) is 0 Å². The van der Waals surface area contributed by atoms with Crippen LogP contribution in [0.1, 0.15) is 24.2 Å². The molecule has 0 unspecified atom stereocenters. The normalized spacial score (nSPS) is 12.2. The summed E-state index contributed by atoms with van der Waals surface area (Å²) in [6, 6.07) is 13.8. The molecule has 20 heavy (non-hydrogen) atoms. The van der Waals surface area contributed by atoms with E-state index in [1.807, 2.05) is 43.4 Å². The van der Waals surface area contributed by atoms with E-state index in [0.717, 1.165) is 32.9 Å². The summed E-state index contributed by atoms with van der Waals surface area (Å²) in [5.74, 6) is 0. The summed E-state index contributed by atoms with van der Waals surface area (Å²) in [4.78, 5) is 2.14. The lowest BCUT2D eigenvalue weighted by molar-refractivity contribution is 0.199. The smallest absolute Gasteiger partial charge is 0.0762 e. The Morgan fingerprint density at radius 2 is 2.00 bits per heavy atom. The van der Waals surface area contributed by atoms with Crippen LogP contribution in [-0.2, 0) is 6.54 Å². The molecule has 0 radical (unpaired) electrons. The highest BCUT2D eigenvalue weighted by atomic mass is 79.9. The zero-order chi connectivity index (χ0) is 14.7. The van der Waals surface area contributed by atoms with Gasteiger partial charge < -0.3 is 10.0 Å². The molecule has 106 valence electrons. The van der Waals surface area contributed by atoms with Gasteiger partial charge in [0.2, 0.25) is 0 Å². The fourth-order valence-corrected chi connectivity index (χ4v) is 3.00. The first-order chi connectivity index (χ1) is 9.47. The molecule has 0 saturated carbocycles. The molecule has 0 aliphatic rings. The van der Waals surface area contributed by atoms with Gasteiger partial charge in [-0.25, -0.2) is 0 Å². The molecule has 2 aromatic carbocycles. The van der Waals surface area contributed by atoms with E-state index in [0.29, 0.717) is 0 Å². The molecule has 0 heterocycles. The lowest BCUT2D eigenvalue weighted by atomic mass is 10.1. The molecule has 0 aromatic heterocycles. The number of aliphatic hydroxyl groups is 1. The van der Waals surface area contributed by atoms with Crippen molar-refractivity contribution in [2.75, 3.05) is 11.9 Å². The molecule has 4 heteroatoms. The first-order valence-corrected chi connectivity index (χ1v) is 7.57. The van der Waals surface area contributed by atoms with Gasteiger partial charge in [0, 0.05) is 23.1 Å². The Labute approximate surface area is 133 Å². The minimum atomic E-state index is -0.460. The fourth-order valence-electron chi connectivity index (χ4n) is 2.09. The highest BCUT2D eigenvalue weighted by molar-refractivity contribution is 9.10. The van der Waals surface area contributed by atoms with Crippen LogP contribution in [0, 0.1) is 0 Å². The minimum Gasteiger partial charge on any atom is -0.389 e. The van der Waals surface area contributed by atoms with Gasteiger partial charge in [0.1, 0.15) is 0 Å². The Morgan fingerprint density at radius 3 is 2.60 bits per heavy atom. The summed E-state index contributed by atoms with van der Waals surface area (Å²) in [7, 11) is 2.03. The first kappa shape index (κ1) is 15.4. The van der Waals surface area contributed by atoms with Crippen LogP contribution in [0.15, 0.2) is 46.9 Å². The predicted molar refractivity (Wildman–Crippen MR) is 88.3 cm³/mol. The van der Waals surface area contributed by atoms with E-state index in [4.69, 9.17) is 11.6 Å². The Kier molecular flexibility index (Phi) is 5.08. The van der Waals surface area contributed by atoms with Gasteiger partial charge in [-0.15, -0.1) is 0 Å². The SMILES string of the molecule is C[C@@H](O)c1ccc(N(C)Cc2cccc(Cl)c2)c(Br)c1. The molecular weight excluding hydrogens is 338 g/mol. The second kappa shape index (κ2) is 6.61. The lowest BCUT2D eigenvalue weighted by Crippen LogP contribution is -2.17. The Morgan fingerprint density at radius 1 is 1.25 bits per heavy atom. The van der Waals surface area contributed by atoms with E-state index in [2.05, 4.69) is 26.9 Å². The van der Waals surface area contributed by atoms with Crippen molar-refractivity contribution in [3.8, 4) is 0 Å². The van der Waals surface area contributed by atoms with Crippen LogP contribution in [0.2, 0.25) is 5.02 Å². The Balaban J connectivity index is 2.19. The molecule has 0 aliphatic carbocycles. The van der Waals surface area contributed by atoms with Crippen molar-refractivity contribution in [1.29, 1.82) is 0 Å². The molecule has 0 fully saturated rings. The molecule has 0 aliphatic heterocycles. The van der Waals surface area contributed by atoms with Crippen LogP contribution in [0.25, 0.3) is 0 Å². The number of nitrogens with zero attached hydrogens (tertiary/aromatic N) is 1. The van der Waals surface area contributed by atoms with Crippen molar-refractivity contribution in [1.82, 2.24) is 0 Å². The molecule has 1 atom stereocenters. The van der Waals surface area contributed by atoms with E-state index < -0.39 is 6.10 Å². The van der Waals surface area contributed by atoms with E-state index >= 15 is 0 Å². The molecule has 2 aromatic rings. The average molecular weight is 355 g/mol. The number of anilines is 1. The first-order valence-electron chi connectivity index (χ1n) is 6.40. The number of benzene rings is 2. The average Bonchev–Trinajstić information content (AvgIpc) is 2.38. The van der Waals surface area contributed by atoms with Gasteiger partial charge in [0.15, 0.2) is 0 Å². The molecule has 2 rings (SSSR count). The zero-order valence-electron chi connectivity index (χ0n) is 11.5. The van der Waals surface area contributed by atoms with Crippen LogP contribution in [0.4, 0.5) is 5.69 Å². The predicted octanol–water partition coefficient (Wildman–Crippen LogP) is 4.79. The summed E-state index contributed by atoms with van der Waals surface area (Å²) in [5, 5.41) is 10.3. The molecular formula is C16H17BrClNO. The van der Waals surface area contributed by atoms with Crippen LogP contribution in [-0.4, -0.2) is 12.2 Å². The van der Waals surface area contributed by atoms with E-state index in [1.165, 1.54) is 0 Å². The van der Waals surface area contributed by atoms with E-state index in [9.17, 15) is 5.11 Å². The summed E-state index contributed by atoms with van der Waals surface area (Å²) in [6.45, 7) is 2.53. The van der Waals surface area contributed by atoms with E-state index in [1.54, 1.807) is 6.92 Å². The lowest BCUT2D eigenvalue weighted by Gasteiger charge is -2.22. The highest BCUT2D eigenvalue weighted by Crippen LogP contribution is 2.29. The highest BCUT2D eigenvalue weighted by Gasteiger charge is 2.09. The summed E-state index contributed by atoms with van der Waals surface area (Å²) in [6.07, 6.45) is -0.460. The van der Waals surface area contributed by atoms with Gasteiger partial charge >= 0.3 is 0 Å². The number of halogens is 2. The summed E-state index contributed by atoms with van der Waals surface area (Å²) >= 11 is 9.57. The topological polar surface area (TPSA) is 23.5 Å². The molecule has 0 saturated heterocycles. The Hall–Kier alpha value is -1.03. The van der Waals surface area contributed by atoms with Crippen molar-refractivity contribution < 1.29 is 5.11 Å². The van der Waals surface area contributed by atoms with Crippen LogP contribution < -0.4 is 4.90 Å². The third-order valence-electron chi connectivity index (χ3n) is 3.17. The number of hydrogen-bond acceptors (Lipinski definition) is 2. The number of rotatable bonds is 4. The zero-order valence-corrected chi connectivity index (χ0v) is 13.8. The quantitative estimate of drug-likeness (QED) is 0.853. The maximum Gasteiger partial charge on any atom is 0.0762 e. The van der Waals surface area contributed by atoms with Crippen LogP contribution in [0.5, 0.6) is 0 Å². The van der Waals surface area contributed by atoms with Crippen LogP contribution >= 0.6 is 27.5 Å². The van der Waals surface area contributed by atoms with Gasteiger partial charge in [-0.3, -0.25) is 0 Å². The maximum absolute atomic E-state index is 9.59. The van der Waals surface area contributed by atoms with Gasteiger partial charge in [-0.2, -0.15) is 0 Å². The maximum atomic E-state index is 9.59. The van der Waals surface area contributed by atoms with Gasteiger partial charge in [0.05, 0.1) is 11.8 Å². The van der Waals surface area contributed by atoms with Gasteiger partial charge in [-0.05, 0) is 58.2 Å². The minimum absolute atomic E-state index is 0.460. The van der Waals surface area contributed by atoms with Crippen molar-refractivity contribution in [3.05, 3.63) is 63.1 Å².